The van der Waals surface area contributed by atoms with Gasteiger partial charge in [0.2, 0.25) is 0 Å². The average molecular weight is 256 g/mol. The highest BCUT2D eigenvalue weighted by Gasteiger charge is 2.38. The highest BCUT2D eigenvalue weighted by atomic mass is 16.5. The number of carbonyl (C=O) groups is 2. The molecule has 0 bridgehead atoms. The van der Waals surface area contributed by atoms with Gasteiger partial charge >= 0.3 is 12.0 Å². The Morgan fingerprint density at radius 2 is 2.00 bits per heavy atom. The molecular formula is C12H20N2O4. The summed E-state index contributed by atoms with van der Waals surface area (Å²) in [5, 5.41) is 9.11. The quantitative estimate of drug-likeness (QED) is 0.752. The van der Waals surface area contributed by atoms with Crippen molar-refractivity contribution in [3.8, 4) is 0 Å². The summed E-state index contributed by atoms with van der Waals surface area (Å²) in [7, 11) is 0. The number of hydrogen-bond acceptors (Lipinski definition) is 3. The van der Waals surface area contributed by atoms with Crippen LogP contribution in [0.5, 0.6) is 0 Å². The number of carbonyl (C=O) groups excluding carboxylic acids is 1. The van der Waals surface area contributed by atoms with Crippen molar-refractivity contribution in [1.29, 1.82) is 0 Å². The molecule has 102 valence electrons. The number of nitrogens with zero attached hydrogens (tertiary/aromatic N) is 2. The number of urea groups is 1. The summed E-state index contributed by atoms with van der Waals surface area (Å²) in [6.07, 6.45) is 1.32. The second-order valence-electron chi connectivity index (χ2n) is 5.12. The van der Waals surface area contributed by atoms with E-state index in [0.29, 0.717) is 26.1 Å². The molecule has 6 heteroatoms. The van der Waals surface area contributed by atoms with Crippen LogP contribution in [0, 0.1) is 0 Å². The lowest BCUT2D eigenvalue weighted by atomic mass is 10.2. The number of likely N-dealkylation sites (tertiary alicyclic amines) is 1. The minimum absolute atomic E-state index is 0.00347. The number of morpholine rings is 1. The molecule has 6 nitrogen and oxygen atoms in total. The summed E-state index contributed by atoms with van der Waals surface area (Å²) in [5.41, 5.74) is 0. The monoisotopic (exact) mass is 256 g/mol. The number of hydrogen-bond donors (Lipinski definition) is 1. The lowest BCUT2D eigenvalue weighted by Gasteiger charge is -2.39. The van der Waals surface area contributed by atoms with Crippen LogP contribution >= 0.6 is 0 Å². The van der Waals surface area contributed by atoms with Crippen molar-refractivity contribution in [3.05, 3.63) is 0 Å². The summed E-state index contributed by atoms with van der Waals surface area (Å²) in [5.74, 6) is -0.908. The minimum Gasteiger partial charge on any atom is -0.480 e. The lowest BCUT2D eigenvalue weighted by molar-refractivity contribution is -0.141. The Bertz CT molecular complexity index is 347. The van der Waals surface area contributed by atoms with E-state index < -0.39 is 12.0 Å². The van der Waals surface area contributed by atoms with Gasteiger partial charge in [-0.05, 0) is 26.7 Å². The molecule has 1 N–H and O–H groups in total. The van der Waals surface area contributed by atoms with E-state index in [1.165, 1.54) is 4.90 Å². The minimum atomic E-state index is -0.908. The maximum absolute atomic E-state index is 12.4. The van der Waals surface area contributed by atoms with Crippen LogP contribution in [0.1, 0.15) is 26.7 Å². The molecule has 2 aliphatic rings. The van der Waals surface area contributed by atoms with Crippen LogP contribution in [0.2, 0.25) is 0 Å². The van der Waals surface area contributed by atoms with Gasteiger partial charge in [-0.2, -0.15) is 0 Å². The summed E-state index contributed by atoms with van der Waals surface area (Å²) in [6.45, 7) is 5.43. The maximum atomic E-state index is 12.4. The summed E-state index contributed by atoms with van der Waals surface area (Å²) in [4.78, 5) is 26.7. The van der Waals surface area contributed by atoms with E-state index in [0.717, 1.165) is 6.42 Å². The van der Waals surface area contributed by atoms with Crippen molar-refractivity contribution < 1.29 is 19.4 Å². The lowest BCUT2D eigenvalue weighted by Crippen LogP contribution is -2.56. The molecule has 0 aromatic rings. The molecule has 2 amide bonds. The van der Waals surface area contributed by atoms with Gasteiger partial charge in [0.1, 0.15) is 6.04 Å². The van der Waals surface area contributed by atoms with Gasteiger partial charge in [-0.1, -0.05) is 0 Å². The number of carboxylic acid groups (broad SMARTS) is 1. The fourth-order valence-corrected chi connectivity index (χ4v) is 2.59. The zero-order valence-corrected chi connectivity index (χ0v) is 10.8. The Morgan fingerprint density at radius 1 is 1.28 bits per heavy atom. The number of rotatable bonds is 1. The third-order valence-electron chi connectivity index (χ3n) is 3.64. The van der Waals surface area contributed by atoms with E-state index in [2.05, 4.69) is 0 Å². The van der Waals surface area contributed by atoms with Gasteiger partial charge in [0.05, 0.1) is 18.8 Å². The van der Waals surface area contributed by atoms with Gasteiger partial charge in [0, 0.05) is 13.1 Å². The van der Waals surface area contributed by atoms with E-state index >= 15 is 0 Å². The van der Waals surface area contributed by atoms with Crippen LogP contribution in [0.25, 0.3) is 0 Å². The largest absolute Gasteiger partial charge is 0.480 e. The number of aliphatic carboxylic acids is 1. The average Bonchev–Trinajstić information content (AvgIpc) is 2.80. The van der Waals surface area contributed by atoms with Crippen LogP contribution < -0.4 is 0 Å². The molecule has 2 unspecified atom stereocenters. The fraction of sp³-hybridized carbons (Fsp3) is 0.833. The molecule has 0 radical (unpaired) electrons. The van der Waals surface area contributed by atoms with E-state index in [4.69, 9.17) is 9.84 Å². The zero-order valence-electron chi connectivity index (χ0n) is 10.8. The third kappa shape index (κ3) is 2.43. The van der Waals surface area contributed by atoms with Crippen LogP contribution in [0.3, 0.4) is 0 Å². The molecule has 2 fully saturated rings. The topological polar surface area (TPSA) is 70.1 Å². The molecule has 3 atom stereocenters. The molecule has 0 aromatic carbocycles. The van der Waals surface area contributed by atoms with E-state index in [1.54, 1.807) is 4.90 Å². The summed E-state index contributed by atoms with van der Waals surface area (Å²) >= 11 is 0. The van der Waals surface area contributed by atoms with Crippen molar-refractivity contribution in [2.45, 2.75) is 44.9 Å². The molecule has 18 heavy (non-hydrogen) atoms. The van der Waals surface area contributed by atoms with Gasteiger partial charge < -0.3 is 19.6 Å². The number of ether oxygens (including phenoxy) is 1. The smallest absolute Gasteiger partial charge is 0.326 e. The van der Waals surface area contributed by atoms with Gasteiger partial charge in [0.15, 0.2) is 0 Å². The van der Waals surface area contributed by atoms with E-state index in [9.17, 15) is 9.59 Å². The van der Waals surface area contributed by atoms with Crippen LogP contribution in [0.4, 0.5) is 4.79 Å². The first-order valence-electron chi connectivity index (χ1n) is 6.42. The predicted molar refractivity (Wildman–Crippen MR) is 64.3 cm³/mol. The van der Waals surface area contributed by atoms with Crippen LogP contribution in [-0.4, -0.2) is 64.8 Å². The van der Waals surface area contributed by atoms with Crippen molar-refractivity contribution in [2.24, 2.45) is 0 Å². The Morgan fingerprint density at radius 3 is 2.67 bits per heavy atom. The molecule has 0 saturated carbocycles. The number of amides is 2. The predicted octanol–water partition coefficient (Wildman–Crippen LogP) is 0.765. The van der Waals surface area contributed by atoms with Crippen molar-refractivity contribution >= 4 is 12.0 Å². The second-order valence-corrected chi connectivity index (χ2v) is 5.12. The molecule has 2 aliphatic heterocycles. The second kappa shape index (κ2) is 5.14. The fourth-order valence-electron chi connectivity index (χ4n) is 2.59. The van der Waals surface area contributed by atoms with Crippen LogP contribution in [0.15, 0.2) is 0 Å². The zero-order chi connectivity index (χ0) is 13.3. The molecule has 2 saturated heterocycles. The first-order chi connectivity index (χ1) is 8.50. The first-order valence-corrected chi connectivity index (χ1v) is 6.42. The SMILES string of the molecule is CC1CN(C(=O)N2CCC[C@@H]2C(=O)O)C(C)CO1. The van der Waals surface area contributed by atoms with Gasteiger partial charge in [-0.25, -0.2) is 9.59 Å². The summed E-state index contributed by atoms with van der Waals surface area (Å²) < 4.78 is 5.48. The molecule has 0 spiro atoms. The van der Waals surface area contributed by atoms with Crippen molar-refractivity contribution in [3.63, 3.8) is 0 Å². The Labute approximate surface area is 106 Å². The molecule has 0 aliphatic carbocycles. The Kier molecular flexibility index (Phi) is 3.75. The van der Waals surface area contributed by atoms with Gasteiger partial charge in [-0.3, -0.25) is 0 Å². The highest BCUT2D eigenvalue weighted by molar-refractivity contribution is 5.83. The van der Waals surface area contributed by atoms with Crippen LogP contribution in [-0.2, 0) is 9.53 Å². The van der Waals surface area contributed by atoms with Crippen molar-refractivity contribution in [2.75, 3.05) is 19.7 Å². The Hall–Kier alpha value is -1.30. The molecular weight excluding hydrogens is 236 g/mol. The summed E-state index contributed by atoms with van der Waals surface area (Å²) in [6, 6.07) is -0.825. The highest BCUT2D eigenvalue weighted by Crippen LogP contribution is 2.22. The maximum Gasteiger partial charge on any atom is 0.326 e. The van der Waals surface area contributed by atoms with E-state index in [-0.39, 0.29) is 18.2 Å². The molecule has 0 aromatic heterocycles. The van der Waals surface area contributed by atoms with Gasteiger partial charge in [0.25, 0.3) is 0 Å². The molecule has 2 rings (SSSR count). The standard InChI is InChI=1S/C12H20N2O4/c1-8-7-18-9(2)6-14(8)12(17)13-5-3-4-10(13)11(15)16/h8-10H,3-7H2,1-2H3,(H,15,16)/t8?,9?,10-/m1/s1. The van der Waals surface area contributed by atoms with E-state index in [1.807, 2.05) is 13.8 Å². The van der Waals surface area contributed by atoms with Crippen molar-refractivity contribution in [1.82, 2.24) is 9.80 Å². The third-order valence-corrected chi connectivity index (χ3v) is 3.64. The Balaban J connectivity index is 2.07. The first kappa shape index (κ1) is 13.1. The molecule has 2 heterocycles. The number of carboxylic acids is 1. The normalized spacial score (nSPS) is 32.7. The van der Waals surface area contributed by atoms with Gasteiger partial charge in [-0.15, -0.1) is 0 Å².